The van der Waals surface area contributed by atoms with Crippen molar-refractivity contribution < 1.29 is 31.8 Å². The van der Waals surface area contributed by atoms with E-state index in [-0.39, 0.29) is 12.1 Å². The molecule has 2 rings (SSSR count). The molecule has 0 spiro atoms. The molecule has 0 radical (unpaired) electrons. The second kappa shape index (κ2) is 7.59. The van der Waals surface area contributed by atoms with Crippen molar-refractivity contribution in [3.8, 4) is 6.07 Å². The molecule has 2 aromatic carbocycles. The Morgan fingerprint density at radius 1 is 1.10 bits per heavy atom. The third kappa shape index (κ3) is 3.94. The quantitative estimate of drug-likeness (QED) is 0.267. The molecular formula is C15H6BrF5N4O4. The van der Waals surface area contributed by atoms with E-state index in [1.165, 1.54) is 6.07 Å². The molecule has 0 amide bonds. The standard InChI is InChI=1S/C15H6BrF5N4O4/c1-5-7(4-22)10(16)12(18)14(11(5)17)23-13-8(15(19,20)21)2-6(24(26)27)3-9(13)25(28)29/h2-3,23H,1H3. The van der Waals surface area contributed by atoms with E-state index >= 15 is 0 Å². The Labute approximate surface area is 166 Å². The molecular weight excluding hydrogens is 475 g/mol. The summed E-state index contributed by atoms with van der Waals surface area (Å²) in [6.45, 7) is 1.04. The second-order valence-corrected chi connectivity index (χ2v) is 6.25. The molecule has 1 N–H and O–H groups in total. The number of benzene rings is 2. The van der Waals surface area contributed by atoms with Gasteiger partial charge >= 0.3 is 6.18 Å². The lowest BCUT2D eigenvalue weighted by molar-refractivity contribution is -0.394. The van der Waals surface area contributed by atoms with E-state index in [0.717, 1.165) is 6.92 Å². The maximum atomic E-state index is 14.5. The Hall–Kier alpha value is -3.34. The van der Waals surface area contributed by atoms with Crippen molar-refractivity contribution in [2.24, 2.45) is 0 Å². The van der Waals surface area contributed by atoms with Gasteiger partial charge in [0.15, 0.2) is 11.6 Å². The van der Waals surface area contributed by atoms with Crippen molar-refractivity contribution in [1.82, 2.24) is 0 Å². The first-order chi connectivity index (χ1) is 13.3. The molecule has 8 nitrogen and oxygen atoms in total. The van der Waals surface area contributed by atoms with Crippen LogP contribution in [-0.4, -0.2) is 9.85 Å². The number of non-ortho nitro benzene ring substituents is 1. The summed E-state index contributed by atoms with van der Waals surface area (Å²) in [7, 11) is 0. The third-order valence-electron chi connectivity index (χ3n) is 3.73. The topological polar surface area (TPSA) is 122 Å². The number of alkyl halides is 3. The van der Waals surface area contributed by atoms with Crippen LogP contribution in [0.1, 0.15) is 16.7 Å². The third-order valence-corrected chi connectivity index (χ3v) is 4.48. The maximum absolute atomic E-state index is 14.5. The number of nitro benzene ring substituents is 2. The number of nitrogens with one attached hydrogen (secondary N) is 1. The van der Waals surface area contributed by atoms with Crippen LogP contribution in [0.15, 0.2) is 16.6 Å². The average molecular weight is 481 g/mol. The molecule has 14 heteroatoms. The molecule has 0 unspecified atom stereocenters. The summed E-state index contributed by atoms with van der Waals surface area (Å²) in [5.41, 5.74) is -8.08. The summed E-state index contributed by atoms with van der Waals surface area (Å²) in [4.78, 5) is 19.4. The molecule has 0 aromatic heterocycles. The largest absolute Gasteiger partial charge is 0.418 e. The van der Waals surface area contributed by atoms with E-state index in [1.807, 2.05) is 0 Å². The fourth-order valence-electron chi connectivity index (χ4n) is 2.36. The van der Waals surface area contributed by atoms with Crippen molar-refractivity contribution in [3.05, 3.63) is 65.2 Å². The Bertz CT molecular complexity index is 1070. The molecule has 0 atom stereocenters. The normalized spacial score (nSPS) is 11.1. The van der Waals surface area contributed by atoms with Crippen LogP contribution in [0.4, 0.5) is 44.7 Å². The minimum Gasteiger partial charge on any atom is -0.345 e. The molecule has 0 heterocycles. The first-order valence-corrected chi connectivity index (χ1v) is 7.98. The van der Waals surface area contributed by atoms with Gasteiger partial charge in [0.25, 0.3) is 11.4 Å². The lowest BCUT2D eigenvalue weighted by atomic mass is 10.1. The summed E-state index contributed by atoms with van der Waals surface area (Å²) in [6, 6.07) is 1.72. The SMILES string of the molecule is Cc1c(F)c(Nc2c([N+](=O)[O-])cc([N+](=O)[O-])cc2C(F)(F)F)c(F)c(Br)c1C#N. The van der Waals surface area contributed by atoms with Gasteiger partial charge in [-0.2, -0.15) is 18.4 Å². The zero-order chi connectivity index (χ0) is 22.3. The van der Waals surface area contributed by atoms with Crippen LogP contribution in [0.3, 0.4) is 0 Å². The zero-order valence-electron chi connectivity index (χ0n) is 13.9. The Morgan fingerprint density at radius 3 is 2.14 bits per heavy atom. The molecule has 0 aliphatic heterocycles. The van der Waals surface area contributed by atoms with Crippen molar-refractivity contribution in [2.45, 2.75) is 13.1 Å². The van der Waals surface area contributed by atoms with Gasteiger partial charge in [-0.3, -0.25) is 20.2 Å². The summed E-state index contributed by atoms with van der Waals surface area (Å²) in [6.07, 6.45) is -5.34. The highest BCUT2D eigenvalue weighted by molar-refractivity contribution is 9.10. The monoisotopic (exact) mass is 480 g/mol. The molecule has 29 heavy (non-hydrogen) atoms. The first-order valence-electron chi connectivity index (χ1n) is 7.19. The van der Waals surface area contributed by atoms with E-state index in [4.69, 9.17) is 5.26 Å². The number of rotatable bonds is 4. The number of nitriles is 1. The number of halogens is 6. The second-order valence-electron chi connectivity index (χ2n) is 5.45. The molecule has 152 valence electrons. The number of hydrogen-bond donors (Lipinski definition) is 1. The fourth-order valence-corrected chi connectivity index (χ4v) is 2.95. The highest BCUT2D eigenvalue weighted by Crippen LogP contribution is 2.45. The van der Waals surface area contributed by atoms with Gasteiger partial charge in [-0.15, -0.1) is 0 Å². The molecule has 0 aliphatic rings. The number of hydrogen-bond acceptors (Lipinski definition) is 6. The highest BCUT2D eigenvalue weighted by atomic mass is 79.9. The van der Waals surface area contributed by atoms with Crippen LogP contribution in [0.2, 0.25) is 0 Å². The molecule has 0 fully saturated rings. The summed E-state index contributed by atoms with van der Waals surface area (Å²) >= 11 is 2.68. The molecule has 2 aromatic rings. The maximum Gasteiger partial charge on any atom is 0.418 e. The molecule has 0 aliphatic carbocycles. The van der Waals surface area contributed by atoms with Crippen molar-refractivity contribution >= 4 is 38.7 Å². The van der Waals surface area contributed by atoms with Gasteiger partial charge in [0.2, 0.25) is 0 Å². The lowest BCUT2D eigenvalue weighted by Gasteiger charge is -2.17. The Morgan fingerprint density at radius 2 is 1.69 bits per heavy atom. The van der Waals surface area contributed by atoms with Gasteiger partial charge in [-0.25, -0.2) is 8.78 Å². The number of nitrogens with zero attached hydrogens (tertiary/aromatic N) is 3. The van der Waals surface area contributed by atoms with Crippen LogP contribution in [0, 0.1) is 50.1 Å². The van der Waals surface area contributed by atoms with E-state index in [9.17, 15) is 42.2 Å². The summed E-state index contributed by atoms with van der Waals surface area (Å²) < 4.78 is 68.6. The van der Waals surface area contributed by atoms with E-state index in [2.05, 4.69) is 15.9 Å². The first kappa shape index (κ1) is 22.0. The highest BCUT2D eigenvalue weighted by Gasteiger charge is 2.40. The van der Waals surface area contributed by atoms with Crippen LogP contribution >= 0.6 is 15.9 Å². The number of nitro groups is 2. The molecule has 0 bridgehead atoms. The Balaban J connectivity index is 2.88. The van der Waals surface area contributed by atoms with Crippen LogP contribution in [-0.2, 0) is 6.18 Å². The van der Waals surface area contributed by atoms with Gasteiger partial charge in [0.1, 0.15) is 17.4 Å². The minimum absolute atomic E-state index is 0.00328. The van der Waals surface area contributed by atoms with Gasteiger partial charge in [-0.05, 0) is 22.9 Å². The van der Waals surface area contributed by atoms with Crippen molar-refractivity contribution in [2.75, 3.05) is 5.32 Å². The fraction of sp³-hybridized carbons (Fsp3) is 0.133. The lowest BCUT2D eigenvalue weighted by Crippen LogP contribution is -2.13. The smallest absolute Gasteiger partial charge is 0.345 e. The van der Waals surface area contributed by atoms with E-state index in [0.29, 0.717) is 0 Å². The zero-order valence-corrected chi connectivity index (χ0v) is 15.5. The predicted molar refractivity (Wildman–Crippen MR) is 91.5 cm³/mol. The number of anilines is 2. The van der Waals surface area contributed by atoms with Crippen molar-refractivity contribution in [3.63, 3.8) is 0 Å². The molecule has 0 saturated carbocycles. The van der Waals surface area contributed by atoms with Gasteiger partial charge in [-0.1, -0.05) is 0 Å². The van der Waals surface area contributed by atoms with Crippen LogP contribution < -0.4 is 5.32 Å². The summed E-state index contributed by atoms with van der Waals surface area (Å²) in [5, 5.41) is 32.7. The van der Waals surface area contributed by atoms with Crippen LogP contribution in [0.5, 0.6) is 0 Å². The average Bonchev–Trinajstić information content (AvgIpc) is 2.62. The molecule has 0 saturated heterocycles. The van der Waals surface area contributed by atoms with E-state index in [1.54, 1.807) is 5.32 Å². The van der Waals surface area contributed by atoms with Crippen LogP contribution in [0.25, 0.3) is 0 Å². The van der Waals surface area contributed by atoms with Gasteiger partial charge in [0.05, 0.1) is 31.5 Å². The van der Waals surface area contributed by atoms with Gasteiger partial charge < -0.3 is 5.32 Å². The minimum atomic E-state index is -5.34. The predicted octanol–water partition coefficient (Wildman–Crippen LogP) is 5.49. The summed E-state index contributed by atoms with van der Waals surface area (Å²) in [5.74, 6) is -2.99. The van der Waals surface area contributed by atoms with Gasteiger partial charge in [0, 0.05) is 11.6 Å². The van der Waals surface area contributed by atoms with E-state index < -0.39 is 71.6 Å². The Kier molecular flexibility index (Phi) is 5.74. The van der Waals surface area contributed by atoms with Crippen molar-refractivity contribution in [1.29, 1.82) is 5.26 Å².